The number of hydrogen-bond donors (Lipinski definition) is 1. The summed E-state index contributed by atoms with van der Waals surface area (Å²) in [5.74, 6) is 0. The van der Waals surface area contributed by atoms with E-state index in [1.165, 1.54) is 75.0 Å². The highest BCUT2D eigenvalue weighted by molar-refractivity contribution is 4.77. The molecule has 0 aromatic carbocycles. The normalized spacial score (nSPS) is 17.6. The summed E-state index contributed by atoms with van der Waals surface area (Å²) in [5, 5.41) is 16.7. The Kier molecular flexibility index (Phi) is 9.19. The molecule has 0 aromatic rings. The summed E-state index contributed by atoms with van der Waals surface area (Å²) in [7, 11) is 2.45. The lowest BCUT2D eigenvalue weighted by Gasteiger charge is -2.33. The van der Waals surface area contributed by atoms with Crippen LogP contribution in [0.3, 0.4) is 0 Å². The van der Waals surface area contributed by atoms with Crippen molar-refractivity contribution in [1.29, 1.82) is 10.5 Å². The standard InChI is InChI=1S/C11H24N.C2HN3/c1-3-4-9-12(2)10-7-5-6-8-11-12;3-1-5-2-4/h3-11H2,1-2H3;5H/q+1;. The smallest absolute Gasteiger partial charge is 0.190 e. The van der Waals surface area contributed by atoms with Gasteiger partial charge in [-0.25, -0.2) is 5.32 Å². The lowest BCUT2D eigenvalue weighted by atomic mass is 10.2. The second-order valence-corrected chi connectivity index (χ2v) is 4.91. The summed E-state index contributed by atoms with van der Waals surface area (Å²) < 4.78 is 1.36. The molecule has 0 amide bonds. The molecule has 1 heterocycles. The predicted molar refractivity (Wildman–Crippen MR) is 68.5 cm³/mol. The Morgan fingerprint density at radius 1 is 1.06 bits per heavy atom. The zero-order chi connectivity index (χ0) is 13.0. The first-order valence-electron chi connectivity index (χ1n) is 6.55. The first kappa shape index (κ1) is 15.7. The number of quaternary nitrogens is 1. The van der Waals surface area contributed by atoms with Gasteiger partial charge in [0.25, 0.3) is 0 Å². The molecule has 1 rings (SSSR count). The van der Waals surface area contributed by atoms with E-state index in [9.17, 15) is 0 Å². The van der Waals surface area contributed by atoms with Crippen LogP contribution in [0.2, 0.25) is 0 Å². The van der Waals surface area contributed by atoms with Gasteiger partial charge >= 0.3 is 0 Å². The molecule has 1 aliphatic rings. The Balaban J connectivity index is 0.000000437. The van der Waals surface area contributed by atoms with E-state index >= 15 is 0 Å². The highest BCUT2D eigenvalue weighted by Crippen LogP contribution is 2.16. The fourth-order valence-corrected chi connectivity index (χ4v) is 2.24. The van der Waals surface area contributed by atoms with Crippen molar-refractivity contribution in [1.82, 2.24) is 5.32 Å². The molecule has 0 radical (unpaired) electrons. The van der Waals surface area contributed by atoms with Crippen LogP contribution in [-0.2, 0) is 0 Å². The van der Waals surface area contributed by atoms with E-state index in [1.807, 2.05) is 0 Å². The van der Waals surface area contributed by atoms with Crippen molar-refractivity contribution >= 4 is 0 Å². The predicted octanol–water partition coefficient (Wildman–Crippen LogP) is 2.35. The van der Waals surface area contributed by atoms with E-state index in [-0.39, 0.29) is 0 Å². The molecule has 1 saturated heterocycles. The fraction of sp³-hybridized carbons (Fsp3) is 0.846. The summed E-state index contributed by atoms with van der Waals surface area (Å²) in [5.41, 5.74) is 0. The molecule has 0 atom stereocenters. The molecule has 0 aliphatic carbocycles. The van der Waals surface area contributed by atoms with E-state index in [4.69, 9.17) is 10.5 Å². The minimum absolute atomic E-state index is 1.36. The van der Waals surface area contributed by atoms with Gasteiger partial charge in [-0.15, -0.1) is 0 Å². The van der Waals surface area contributed by atoms with Crippen molar-refractivity contribution in [3.8, 4) is 12.4 Å². The molecular formula is C13H25N4+. The maximum absolute atomic E-state index is 7.48. The lowest BCUT2D eigenvalue weighted by Crippen LogP contribution is -2.45. The van der Waals surface area contributed by atoms with Crippen molar-refractivity contribution in [3.05, 3.63) is 0 Å². The van der Waals surface area contributed by atoms with Crippen LogP contribution < -0.4 is 5.32 Å². The second-order valence-electron chi connectivity index (χ2n) is 4.91. The maximum atomic E-state index is 7.48. The number of nitrogens with zero attached hydrogens (tertiary/aromatic N) is 3. The Hall–Kier alpha value is -1.26. The molecule has 1 aliphatic heterocycles. The average Bonchev–Trinajstić information content (AvgIpc) is 2.54. The molecule has 0 unspecified atom stereocenters. The van der Waals surface area contributed by atoms with Crippen LogP contribution in [0.1, 0.15) is 45.4 Å². The fourth-order valence-electron chi connectivity index (χ4n) is 2.24. The quantitative estimate of drug-likeness (QED) is 0.465. The van der Waals surface area contributed by atoms with Crippen molar-refractivity contribution in [2.45, 2.75) is 45.4 Å². The molecule has 0 aromatic heterocycles. The van der Waals surface area contributed by atoms with Gasteiger partial charge in [0, 0.05) is 0 Å². The van der Waals surface area contributed by atoms with Gasteiger partial charge in [-0.05, 0) is 32.1 Å². The van der Waals surface area contributed by atoms with Gasteiger partial charge in [0.2, 0.25) is 0 Å². The van der Waals surface area contributed by atoms with Crippen LogP contribution in [0.15, 0.2) is 0 Å². The van der Waals surface area contributed by atoms with Crippen molar-refractivity contribution in [2.24, 2.45) is 0 Å². The summed E-state index contributed by atoms with van der Waals surface area (Å²) in [6.07, 6.45) is 11.4. The van der Waals surface area contributed by atoms with Crippen LogP contribution >= 0.6 is 0 Å². The first-order chi connectivity index (χ1) is 8.18. The SMILES string of the molecule is CCCC[N+]1(C)CCCCCC1.N#CNC#N. The third kappa shape index (κ3) is 8.54. The van der Waals surface area contributed by atoms with E-state index in [2.05, 4.69) is 14.0 Å². The third-order valence-electron chi connectivity index (χ3n) is 3.31. The van der Waals surface area contributed by atoms with Gasteiger partial charge < -0.3 is 4.48 Å². The van der Waals surface area contributed by atoms with Gasteiger partial charge in [-0.2, -0.15) is 10.5 Å². The van der Waals surface area contributed by atoms with E-state index in [0.717, 1.165) is 0 Å². The molecule has 96 valence electrons. The molecular weight excluding hydrogens is 212 g/mol. The monoisotopic (exact) mass is 237 g/mol. The number of hydrogen-bond acceptors (Lipinski definition) is 3. The van der Waals surface area contributed by atoms with Gasteiger partial charge in [0.05, 0.1) is 26.7 Å². The van der Waals surface area contributed by atoms with Crippen LogP contribution in [0.5, 0.6) is 0 Å². The Labute approximate surface area is 105 Å². The molecule has 0 bridgehead atoms. The number of rotatable bonds is 3. The summed E-state index contributed by atoms with van der Waals surface area (Å²) in [6, 6.07) is 0. The zero-order valence-corrected chi connectivity index (χ0v) is 11.2. The number of nitriles is 2. The summed E-state index contributed by atoms with van der Waals surface area (Å²) >= 11 is 0. The van der Waals surface area contributed by atoms with Gasteiger partial charge in [-0.3, -0.25) is 0 Å². The van der Waals surface area contributed by atoms with Crippen LogP contribution in [0.4, 0.5) is 0 Å². The highest BCUT2D eigenvalue weighted by atomic mass is 15.3. The molecule has 1 fully saturated rings. The molecule has 4 heteroatoms. The second kappa shape index (κ2) is 9.93. The number of unbranched alkanes of at least 4 members (excludes halogenated alkanes) is 1. The van der Waals surface area contributed by atoms with Crippen molar-refractivity contribution in [3.63, 3.8) is 0 Å². The van der Waals surface area contributed by atoms with Crippen LogP contribution in [0.25, 0.3) is 0 Å². The van der Waals surface area contributed by atoms with Crippen LogP contribution in [-0.4, -0.2) is 31.2 Å². The third-order valence-corrected chi connectivity index (χ3v) is 3.31. The molecule has 4 nitrogen and oxygen atoms in total. The topological polar surface area (TPSA) is 59.6 Å². The first-order valence-corrected chi connectivity index (χ1v) is 6.55. The largest absolute Gasteiger partial charge is 0.326 e. The Morgan fingerprint density at radius 3 is 1.94 bits per heavy atom. The molecule has 0 saturated carbocycles. The zero-order valence-electron chi connectivity index (χ0n) is 11.2. The van der Waals surface area contributed by atoms with Crippen molar-refractivity contribution in [2.75, 3.05) is 26.7 Å². The van der Waals surface area contributed by atoms with Gasteiger partial charge in [0.15, 0.2) is 12.4 Å². The van der Waals surface area contributed by atoms with Crippen molar-refractivity contribution < 1.29 is 4.48 Å². The Bertz CT molecular complexity index is 242. The molecule has 0 spiro atoms. The minimum atomic E-state index is 1.36. The minimum Gasteiger partial charge on any atom is -0.326 e. The summed E-state index contributed by atoms with van der Waals surface area (Å²) in [6.45, 7) is 6.57. The summed E-state index contributed by atoms with van der Waals surface area (Å²) in [4.78, 5) is 0. The number of nitrogens with one attached hydrogen (secondary N) is 1. The molecule has 17 heavy (non-hydrogen) atoms. The highest BCUT2D eigenvalue weighted by Gasteiger charge is 2.21. The van der Waals surface area contributed by atoms with Gasteiger partial charge in [0.1, 0.15) is 0 Å². The number of likely N-dealkylation sites (tertiary alicyclic amines) is 1. The Morgan fingerprint density at radius 2 is 1.59 bits per heavy atom. The van der Waals surface area contributed by atoms with E-state index < -0.39 is 0 Å². The maximum Gasteiger partial charge on any atom is 0.190 e. The molecule has 1 N–H and O–H groups in total. The average molecular weight is 237 g/mol. The lowest BCUT2D eigenvalue weighted by molar-refractivity contribution is -0.909. The van der Waals surface area contributed by atoms with Gasteiger partial charge in [-0.1, -0.05) is 13.3 Å². The van der Waals surface area contributed by atoms with E-state index in [0.29, 0.717) is 0 Å². The van der Waals surface area contributed by atoms with Crippen LogP contribution in [0, 0.1) is 22.9 Å². The van der Waals surface area contributed by atoms with E-state index in [1.54, 1.807) is 5.32 Å².